The Kier molecular flexibility index (Phi) is 16.9. The number of hydrogen-bond acceptors (Lipinski definition) is 9. The van der Waals surface area contributed by atoms with E-state index in [1.807, 2.05) is 6.26 Å². The van der Waals surface area contributed by atoms with Crippen LogP contribution in [0.3, 0.4) is 0 Å². The third-order valence-corrected chi connectivity index (χ3v) is 5.77. The van der Waals surface area contributed by atoms with Crippen molar-refractivity contribution in [1.82, 2.24) is 16.0 Å². The van der Waals surface area contributed by atoms with Gasteiger partial charge in [0.05, 0.1) is 6.04 Å². The zero-order valence-electron chi connectivity index (χ0n) is 21.2. The summed E-state index contributed by atoms with van der Waals surface area (Å²) < 4.78 is 0. The molecule has 216 valence electrons. The van der Waals surface area contributed by atoms with Crippen LogP contribution >= 0.6 is 11.8 Å². The Labute approximate surface area is 224 Å². The van der Waals surface area contributed by atoms with Crippen LogP contribution in [-0.2, 0) is 28.8 Å². The molecule has 0 aromatic heterocycles. The maximum Gasteiger partial charge on any atom is 0.326 e. The Morgan fingerprint density at radius 2 is 1.32 bits per heavy atom. The summed E-state index contributed by atoms with van der Waals surface area (Å²) in [5.41, 5.74) is 21.5. The predicted octanol–water partition coefficient (Wildman–Crippen LogP) is -3.21. The number of nitrogens with two attached hydrogens (primary N) is 4. The van der Waals surface area contributed by atoms with Crippen molar-refractivity contribution >= 4 is 53.3 Å². The number of carbonyl (C=O) groups excluding carboxylic acids is 4. The summed E-state index contributed by atoms with van der Waals surface area (Å²) in [6.45, 7) is 0.142. The molecule has 0 bridgehead atoms. The number of amides is 4. The fourth-order valence-corrected chi connectivity index (χ4v) is 3.54. The van der Waals surface area contributed by atoms with Gasteiger partial charge in [-0.2, -0.15) is 11.8 Å². The molecule has 17 heteroatoms. The van der Waals surface area contributed by atoms with Crippen LogP contribution in [0.5, 0.6) is 0 Å². The molecule has 0 radical (unpaired) electrons. The third kappa shape index (κ3) is 15.5. The molecule has 0 aliphatic carbocycles. The normalized spacial score (nSPS) is 13.7. The molecule has 4 amide bonds. The smallest absolute Gasteiger partial charge is 0.326 e. The fourth-order valence-electron chi connectivity index (χ4n) is 3.05. The van der Waals surface area contributed by atoms with Crippen LogP contribution in [0.2, 0.25) is 0 Å². The number of nitrogens with one attached hydrogen (secondary N) is 3. The standard InChI is InChI=1S/C21H38N8O8S/c1-38-10-8-11(22)17(33)27-12(3-2-9-26-21(24)25)18(34)28-13(5-7-16(31)32)19(35)29-14(20(36)37)4-6-15(23)30/h11-14H,2-10,22H2,1H3,(H2,23,30)(H,27,33)(H,28,34)(H,29,35)(H,31,32)(H,36,37)(H4,24,25,26). The monoisotopic (exact) mass is 562 g/mol. The van der Waals surface area contributed by atoms with Crippen LogP contribution < -0.4 is 38.9 Å². The topological polar surface area (TPSA) is 295 Å². The number of carboxylic acid groups (broad SMARTS) is 2. The third-order valence-electron chi connectivity index (χ3n) is 5.12. The van der Waals surface area contributed by atoms with Gasteiger partial charge in [0.25, 0.3) is 0 Å². The number of aliphatic carboxylic acids is 2. The SMILES string of the molecule is CSCCC(N)C(=O)NC(CCCN=C(N)N)C(=O)NC(CCC(=O)O)C(=O)NC(CCC(N)=O)C(=O)O. The van der Waals surface area contributed by atoms with Crippen molar-refractivity contribution in [3.8, 4) is 0 Å². The average Bonchev–Trinajstić information content (AvgIpc) is 2.83. The van der Waals surface area contributed by atoms with Crippen LogP contribution in [-0.4, -0.2) is 94.5 Å². The molecule has 0 rings (SSSR count). The van der Waals surface area contributed by atoms with Gasteiger partial charge in [0.1, 0.15) is 18.1 Å². The number of primary amides is 1. The minimum Gasteiger partial charge on any atom is -0.481 e. The molecule has 0 aliphatic heterocycles. The van der Waals surface area contributed by atoms with Gasteiger partial charge in [-0.3, -0.25) is 29.0 Å². The molecular formula is C21H38N8O8S. The first-order valence-electron chi connectivity index (χ1n) is 11.7. The van der Waals surface area contributed by atoms with E-state index in [2.05, 4.69) is 20.9 Å². The maximum absolute atomic E-state index is 13.1. The summed E-state index contributed by atoms with van der Waals surface area (Å²) in [5.74, 6) is -5.47. The molecule has 13 N–H and O–H groups in total. The lowest BCUT2D eigenvalue weighted by Crippen LogP contribution is -2.57. The highest BCUT2D eigenvalue weighted by atomic mass is 32.2. The number of carboxylic acids is 2. The summed E-state index contributed by atoms with van der Waals surface area (Å²) >= 11 is 1.49. The van der Waals surface area contributed by atoms with Crippen LogP contribution in [0.25, 0.3) is 0 Å². The Morgan fingerprint density at radius 1 is 0.789 bits per heavy atom. The highest BCUT2D eigenvalue weighted by molar-refractivity contribution is 7.98. The van der Waals surface area contributed by atoms with E-state index in [-0.39, 0.29) is 44.6 Å². The van der Waals surface area contributed by atoms with Crippen molar-refractivity contribution in [1.29, 1.82) is 0 Å². The maximum atomic E-state index is 13.1. The van der Waals surface area contributed by atoms with Crippen molar-refractivity contribution in [2.45, 2.75) is 69.1 Å². The van der Waals surface area contributed by atoms with Gasteiger partial charge in [0.2, 0.25) is 23.6 Å². The largest absolute Gasteiger partial charge is 0.481 e. The summed E-state index contributed by atoms with van der Waals surface area (Å²) in [5, 5.41) is 25.5. The van der Waals surface area contributed by atoms with E-state index >= 15 is 0 Å². The molecule has 0 fully saturated rings. The van der Waals surface area contributed by atoms with Gasteiger partial charge in [-0.05, 0) is 44.1 Å². The average molecular weight is 563 g/mol. The fraction of sp³-hybridized carbons (Fsp3) is 0.667. The molecule has 0 spiro atoms. The first-order valence-corrected chi connectivity index (χ1v) is 13.1. The quantitative estimate of drug-likeness (QED) is 0.0402. The van der Waals surface area contributed by atoms with Crippen molar-refractivity contribution in [2.24, 2.45) is 27.9 Å². The number of hydrogen-bond donors (Lipinski definition) is 9. The van der Waals surface area contributed by atoms with Crippen LogP contribution in [0.1, 0.15) is 44.9 Å². The van der Waals surface area contributed by atoms with E-state index in [1.165, 1.54) is 11.8 Å². The zero-order valence-corrected chi connectivity index (χ0v) is 22.0. The molecule has 0 aromatic rings. The highest BCUT2D eigenvalue weighted by Gasteiger charge is 2.30. The van der Waals surface area contributed by atoms with Crippen molar-refractivity contribution in [2.75, 3.05) is 18.6 Å². The Morgan fingerprint density at radius 3 is 1.82 bits per heavy atom. The van der Waals surface area contributed by atoms with Gasteiger partial charge in [-0.1, -0.05) is 0 Å². The minimum absolute atomic E-state index is 0.0488. The van der Waals surface area contributed by atoms with E-state index < -0.39 is 66.2 Å². The van der Waals surface area contributed by atoms with Crippen molar-refractivity contribution in [3.05, 3.63) is 0 Å². The van der Waals surface area contributed by atoms with Gasteiger partial charge in [-0.15, -0.1) is 0 Å². The Bertz CT molecular complexity index is 868. The van der Waals surface area contributed by atoms with Crippen molar-refractivity contribution < 1.29 is 39.0 Å². The van der Waals surface area contributed by atoms with E-state index in [4.69, 9.17) is 28.0 Å². The van der Waals surface area contributed by atoms with Crippen LogP contribution in [0, 0.1) is 0 Å². The Balaban J connectivity index is 5.67. The van der Waals surface area contributed by atoms with E-state index in [0.29, 0.717) is 12.2 Å². The van der Waals surface area contributed by atoms with E-state index in [9.17, 15) is 33.9 Å². The Hall–Kier alpha value is -3.60. The number of rotatable bonds is 20. The second kappa shape index (κ2) is 18.6. The van der Waals surface area contributed by atoms with Crippen LogP contribution in [0.4, 0.5) is 0 Å². The molecule has 0 saturated heterocycles. The molecular weight excluding hydrogens is 524 g/mol. The molecule has 4 atom stereocenters. The van der Waals surface area contributed by atoms with E-state index in [1.54, 1.807) is 0 Å². The molecule has 38 heavy (non-hydrogen) atoms. The first kappa shape index (κ1) is 34.4. The zero-order chi connectivity index (χ0) is 29.3. The number of aliphatic imine (C=N–C) groups is 1. The molecule has 0 heterocycles. The molecule has 0 saturated carbocycles. The molecule has 4 unspecified atom stereocenters. The second-order valence-corrected chi connectivity index (χ2v) is 9.28. The summed E-state index contributed by atoms with van der Waals surface area (Å²) in [6.07, 6.45) is 0.952. The summed E-state index contributed by atoms with van der Waals surface area (Å²) in [7, 11) is 0. The minimum atomic E-state index is -1.51. The number of thioether (sulfide) groups is 1. The first-order chi connectivity index (χ1) is 17.8. The molecule has 0 aromatic carbocycles. The van der Waals surface area contributed by atoms with Gasteiger partial charge in [-0.25, -0.2) is 4.79 Å². The highest BCUT2D eigenvalue weighted by Crippen LogP contribution is 2.07. The lowest BCUT2D eigenvalue weighted by molar-refractivity contribution is -0.143. The van der Waals surface area contributed by atoms with Crippen molar-refractivity contribution in [3.63, 3.8) is 0 Å². The molecule has 0 aliphatic rings. The van der Waals surface area contributed by atoms with E-state index in [0.717, 1.165) is 0 Å². The summed E-state index contributed by atoms with van der Waals surface area (Å²) in [4.78, 5) is 75.8. The van der Waals surface area contributed by atoms with Gasteiger partial charge >= 0.3 is 11.9 Å². The lowest BCUT2D eigenvalue weighted by Gasteiger charge is -2.25. The lowest BCUT2D eigenvalue weighted by atomic mass is 10.1. The predicted molar refractivity (Wildman–Crippen MR) is 140 cm³/mol. The second-order valence-electron chi connectivity index (χ2n) is 8.30. The van der Waals surface area contributed by atoms with Crippen LogP contribution in [0.15, 0.2) is 4.99 Å². The van der Waals surface area contributed by atoms with Gasteiger partial charge in [0.15, 0.2) is 5.96 Å². The van der Waals surface area contributed by atoms with Gasteiger partial charge in [0, 0.05) is 19.4 Å². The number of carbonyl (C=O) groups is 6. The number of nitrogens with zero attached hydrogens (tertiary/aromatic N) is 1. The summed E-state index contributed by atoms with van der Waals surface area (Å²) in [6, 6.07) is -5.05. The number of guanidine groups is 1. The van der Waals surface area contributed by atoms with Gasteiger partial charge < -0.3 is 49.1 Å². The molecule has 16 nitrogen and oxygen atoms in total.